The van der Waals surface area contributed by atoms with Gasteiger partial charge in [0.15, 0.2) is 0 Å². The van der Waals surface area contributed by atoms with Crippen molar-refractivity contribution in [2.45, 2.75) is 177 Å². The largest absolute Gasteiger partial charge is 0.481 e. The zero-order chi connectivity index (χ0) is 77.1. The minimum atomic E-state index is -1.66. The topological polar surface area (TPSA) is 606 Å². The fourth-order valence-corrected chi connectivity index (χ4v) is 10.1. The fraction of sp³-hybridized carbons (Fsp3) is 0.446. The zero-order valence-corrected chi connectivity index (χ0v) is 55.8. The third-order valence-electron chi connectivity index (χ3n) is 15.7. The highest BCUT2D eigenvalue weighted by atomic mass is 19.1. The molecule has 0 fully saturated rings. The molecule has 564 valence electrons. The first-order valence-corrected chi connectivity index (χ1v) is 32.4. The van der Waals surface area contributed by atoms with E-state index in [0.717, 1.165) is 0 Å². The van der Waals surface area contributed by atoms with E-state index in [2.05, 4.69) is 47.5 Å². The van der Waals surface area contributed by atoms with Crippen LogP contribution in [0.5, 0.6) is 0 Å². The molecule has 0 radical (unpaired) electrons. The molecule has 0 spiro atoms. The van der Waals surface area contributed by atoms with Crippen molar-refractivity contribution in [3.05, 3.63) is 101 Å². The van der Waals surface area contributed by atoms with Gasteiger partial charge in [0, 0.05) is 99.6 Å². The lowest BCUT2D eigenvalue weighted by atomic mass is 9.82. The van der Waals surface area contributed by atoms with E-state index in [-0.39, 0.29) is 74.8 Å². The van der Waals surface area contributed by atoms with Gasteiger partial charge in [-0.3, -0.25) is 42.6 Å². The van der Waals surface area contributed by atoms with Gasteiger partial charge in [0.2, 0.25) is 23.6 Å². The van der Waals surface area contributed by atoms with E-state index in [1.54, 1.807) is 6.20 Å². The van der Waals surface area contributed by atoms with E-state index >= 15 is 0 Å². The summed E-state index contributed by atoms with van der Waals surface area (Å²) < 4.78 is 14.4. The van der Waals surface area contributed by atoms with Gasteiger partial charge < -0.3 is 99.1 Å². The van der Waals surface area contributed by atoms with E-state index in [1.807, 2.05) is 16.0 Å². The summed E-state index contributed by atoms with van der Waals surface area (Å²) in [5, 5.41) is 117. The summed E-state index contributed by atoms with van der Waals surface area (Å²) in [6, 6.07) is 3.35. The predicted octanol–water partition coefficient (Wildman–Crippen LogP) is 2.30. The van der Waals surface area contributed by atoms with E-state index in [1.165, 1.54) is 77.5 Å². The summed E-state index contributed by atoms with van der Waals surface area (Å²) in [5.41, 5.74) is 0.427. The predicted molar refractivity (Wildman–Crippen MR) is 357 cm³/mol. The molecule has 38 nitrogen and oxygen atoms in total. The molecule has 0 aliphatic rings. The second-order valence-electron chi connectivity index (χ2n) is 23.9. The van der Waals surface area contributed by atoms with Gasteiger partial charge in [-0.15, -0.1) is 5.10 Å². The average Bonchev–Trinajstić information content (AvgIpc) is 1.77. The standard InChI is InChI=1S/C65H82FN13O25/c66-30-3-4-42-35-79(78-77-42)31-2-1-5-52(83)76-65(27-24-49(80)67-39-12-6-36(7-13-39)32-46(59(96)97)73-62(102)70-43(56(90)91)18-21-53(84)85,28-25-50(81)68-40-14-8-37(9-15-40)33-47(60(98)99)74-63(103)71-44(57(92)93)19-22-54(86)87)29-26-51(82)69-41-16-10-38(11-17-41)34-48(61(100)101)75-64(104)72-45(58(94)95)20-23-55(88)89/h6-17,35,43-48H,1-5,18-34H2,(H,67,80)(H,68,81)(H,69,82)(H,76,83)(H,84,85)(H,86,87)(H,88,89)(H,90,91)(H,92,93)(H,94,95)(H,96,97)(H,98,99)(H,100,101)(H2,70,73,102)(H2,71,74,103)(H2,72,75,104)/t43-,44-,45?,46?,47?,48-,65?/m0/s1. The van der Waals surface area contributed by atoms with Crippen LogP contribution in [0.15, 0.2) is 79.0 Å². The van der Waals surface area contributed by atoms with Crippen molar-refractivity contribution in [2.24, 2.45) is 0 Å². The maximum absolute atomic E-state index is 14.2. The number of carbonyl (C=O) groups is 16. The number of nitrogens with zero attached hydrogens (tertiary/aromatic N) is 3. The Morgan fingerprint density at radius 1 is 0.385 bits per heavy atom. The van der Waals surface area contributed by atoms with Crippen LogP contribution in [-0.4, -0.2) is 205 Å². The van der Waals surface area contributed by atoms with Crippen LogP contribution in [0, 0.1) is 0 Å². The van der Waals surface area contributed by atoms with Gasteiger partial charge in [0.25, 0.3) is 0 Å². The van der Waals surface area contributed by atoms with Crippen molar-refractivity contribution in [2.75, 3.05) is 22.6 Å². The summed E-state index contributed by atoms with van der Waals surface area (Å²) in [7, 11) is 0. The number of anilines is 3. The molecule has 1 aromatic heterocycles. The molecule has 10 amide bonds. The van der Waals surface area contributed by atoms with Gasteiger partial charge in [0.1, 0.15) is 36.3 Å². The van der Waals surface area contributed by atoms with Crippen LogP contribution in [0.2, 0.25) is 0 Å². The SMILES string of the molecule is O=C(O)CCC(NC(=O)N[C@@H](Cc1ccc(NC(=O)CCC(CCC(=O)Nc2ccc(CC(NC(=O)N[C@@H](CCC(=O)O)C(=O)O)C(=O)O)cc2)(CCC(=O)Nc2ccc(CC(NC(=O)N[C@@H](CCC(=O)O)C(=O)O)C(=O)O)cc2)NC(=O)CCCCn2cc(CCCF)nn2)cc1)C(=O)O)C(=O)O. The van der Waals surface area contributed by atoms with Gasteiger partial charge in [-0.05, 0) is 117 Å². The molecular formula is C65H82FN13O25. The average molecular weight is 1460 g/mol. The van der Waals surface area contributed by atoms with Crippen molar-refractivity contribution in [1.29, 1.82) is 0 Å². The molecule has 4 rings (SSSR count). The number of hydrogen-bond donors (Lipinski definition) is 19. The highest BCUT2D eigenvalue weighted by Gasteiger charge is 2.35. The third-order valence-corrected chi connectivity index (χ3v) is 15.7. The summed E-state index contributed by atoms with van der Waals surface area (Å²) in [4.78, 5) is 199. The molecule has 0 bridgehead atoms. The molecule has 0 saturated carbocycles. The van der Waals surface area contributed by atoms with Crippen molar-refractivity contribution < 1.29 is 127 Å². The summed E-state index contributed by atoms with van der Waals surface area (Å²) in [6.07, 6.45) is -3.58. The Morgan fingerprint density at radius 3 is 0.981 bits per heavy atom. The number of halogens is 1. The maximum atomic E-state index is 14.2. The summed E-state index contributed by atoms with van der Waals surface area (Å²) >= 11 is 0. The second-order valence-corrected chi connectivity index (χ2v) is 23.9. The number of aryl methyl sites for hydroxylation is 2. The van der Waals surface area contributed by atoms with Crippen LogP contribution in [0.25, 0.3) is 0 Å². The Balaban J connectivity index is 1.61. The van der Waals surface area contributed by atoms with Crippen LogP contribution >= 0.6 is 0 Å². The second kappa shape index (κ2) is 42.7. The number of rotatable bonds is 48. The number of amides is 10. The normalized spacial score (nSPS) is 13.2. The van der Waals surface area contributed by atoms with Crippen molar-refractivity contribution in [3.8, 4) is 0 Å². The van der Waals surface area contributed by atoms with Gasteiger partial charge in [-0.25, -0.2) is 43.2 Å². The number of nitrogens with one attached hydrogen (secondary N) is 10. The highest BCUT2D eigenvalue weighted by molar-refractivity contribution is 5.94. The van der Waals surface area contributed by atoms with Crippen LogP contribution < -0.4 is 53.2 Å². The van der Waals surface area contributed by atoms with Crippen molar-refractivity contribution >= 4 is 113 Å². The molecule has 39 heteroatoms. The maximum Gasteiger partial charge on any atom is 0.326 e. The van der Waals surface area contributed by atoms with Gasteiger partial charge >= 0.3 is 71.8 Å². The first-order chi connectivity index (χ1) is 49.2. The van der Waals surface area contributed by atoms with Crippen LogP contribution in [0.4, 0.5) is 35.8 Å². The number of unbranched alkanes of at least 4 members (excludes halogenated alkanes) is 1. The molecule has 0 aliphatic carbocycles. The summed E-state index contributed by atoms with van der Waals surface area (Å²) in [5.74, 6) is -15.8. The van der Waals surface area contributed by atoms with Crippen LogP contribution in [-0.2, 0) is 94.6 Å². The number of aromatic nitrogens is 3. The number of carboxylic acid groups (broad SMARTS) is 9. The van der Waals surface area contributed by atoms with E-state index in [4.69, 9.17) is 15.3 Å². The quantitative estimate of drug-likeness (QED) is 0.0282. The van der Waals surface area contributed by atoms with Crippen molar-refractivity contribution in [1.82, 2.24) is 52.2 Å². The van der Waals surface area contributed by atoms with Gasteiger partial charge in [0.05, 0.1) is 12.4 Å². The lowest BCUT2D eigenvalue weighted by Crippen LogP contribution is -2.51. The molecule has 6 atom stereocenters. The van der Waals surface area contributed by atoms with Crippen molar-refractivity contribution in [3.63, 3.8) is 0 Å². The Morgan fingerprint density at radius 2 is 0.692 bits per heavy atom. The smallest absolute Gasteiger partial charge is 0.326 e. The molecule has 19 N–H and O–H groups in total. The number of hydrogen-bond acceptors (Lipinski definition) is 18. The van der Waals surface area contributed by atoms with Crippen LogP contribution in [0.1, 0.15) is 125 Å². The molecule has 0 saturated heterocycles. The number of benzene rings is 3. The molecule has 3 aromatic carbocycles. The number of alkyl halides is 1. The Bertz CT molecular complexity index is 3370. The third kappa shape index (κ3) is 32.3. The lowest BCUT2D eigenvalue weighted by molar-refractivity contribution is -0.142. The molecule has 104 heavy (non-hydrogen) atoms. The zero-order valence-electron chi connectivity index (χ0n) is 55.8. The molecule has 3 unspecified atom stereocenters. The Kier molecular flexibility index (Phi) is 34.5. The Labute approximate surface area is 590 Å². The van der Waals surface area contributed by atoms with E-state index in [0.29, 0.717) is 41.8 Å². The summed E-state index contributed by atoms with van der Waals surface area (Å²) in [6.45, 7) is -0.242. The lowest BCUT2D eigenvalue weighted by Gasteiger charge is -2.35. The molecule has 1 heterocycles. The highest BCUT2D eigenvalue weighted by Crippen LogP contribution is 2.29. The minimum Gasteiger partial charge on any atom is -0.481 e. The number of carbonyl (C=O) groups excluding carboxylic acids is 7. The number of carboxylic acids is 9. The van der Waals surface area contributed by atoms with Gasteiger partial charge in [-0.1, -0.05) is 41.6 Å². The van der Waals surface area contributed by atoms with Crippen LogP contribution in [0.3, 0.4) is 0 Å². The Hall–Kier alpha value is -12.3. The molecule has 4 aromatic rings. The monoisotopic (exact) mass is 1460 g/mol. The fourth-order valence-electron chi connectivity index (χ4n) is 10.1. The first-order valence-electron chi connectivity index (χ1n) is 32.4. The first kappa shape index (κ1) is 84.1. The molecular weight excluding hydrogens is 1380 g/mol. The molecule has 0 aliphatic heterocycles. The number of aliphatic carboxylic acids is 9. The minimum absolute atomic E-state index is 0.128. The van der Waals surface area contributed by atoms with E-state index in [9.17, 15) is 112 Å². The number of urea groups is 3. The van der Waals surface area contributed by atoms with E-state index < -0.39 is 202 Å². The van der Waals surface area contributed by atoms with Gasteiger partial charge in [-0.2, -0.15) is 0 Å².